The third-order valence-electron chi connectivity index (χ3n) is 4.08. The molecule has 18 heavy (non-hydrogen) atoms. The summed E-state index contributed by atoms with van der Waals surface area (Å²) in [5.41, 5.74) is 0.0341. The Labute approximate surface area is 116 Å². The third kappa shape index (κ3) is 7.41. The average molecular weight is 256 g/mol. The van der Waals surface area contributed by atoms with E-state index in [1.807, 2.05) is 0 Å². The van der Waals surface area contributed by atoms with Crippen LogP contribution in [0.25, 0.3) is 0 Å². The van der Waals surface area contributed by atoms with Gasteiger partial charge in [-0.2, -0.15) is 0 Å². The van der Waals surface area contributed by atoms with Crippen LogP contribution in [0.5, 0.6) is 0 Å². The summed E-state index contributed by atoms with van der Waals surface area (Å²) in [5.74, 6) is 1.39. The van der Waals surface area contributed by atoms with Gasteiger partial charge in [-0.05, 0) is 39.0 Å². The molecule has 0 N–H and O–H groups in total. The van der Waals surface area contributed by atoms with Crippen molar-refractivity contribution < 1.29 is 4.74 Å². The van der Waals surface area contributed by atoms with E-state index in [4.69, 9.17) is 4.74 Å². The molecule has 110 valence electrons. The van der Waals surface area contributed by atoms with E-state index < -0.39 is 0 Å². The molecule has 1 unspecified atom stereocenters. The molecule has 0 bridgehead atoms. The lowest BCUT2D eigenvalue weighted by molar-refractivity contribution is -0.0713. The zero-order valence-corrected chi connectivity index (χ0v) is 13.7. The minimum Gasteiger partial charge on any atom is -0.376 e. The Morgan fingerprint density at radius 3 is 1.94 bits per heavy atom. The van der Waals surface area contributed by atoms with Crippen molar-refractivity contribution in [2.75, 3.05) is 6.61 Å². The van der Waals surface area contributed by atoms with Gasteiger partial charge in [0.2, 0.25) is 0 Å². The molecule has 0 aliphatic rings. The molecule has 0 saturated heterocycles. The van der Waals surface area contributed by atoms with Crippen molar-refractivity contribution in [3.05, 3.63) is 0 Å². The Hall–Kier alpha value is -0.0400. The summed E-state index contributed by atoms with van der Waals surface area (Å²) in [7, 11) is 0. The van der Waals surface area contributed by atoms with Crippen LogP contribution in [0.3, 0.4) is 0 Å². The van der Waals surface area contributed by atoms with Crippen LogP contribution in [-0.2, 0) is 4.74 Å². The second-order valence-electron chi connectivity index (χ2n) is 6.44. The first-order valence-corrected chi connectivity index (χ1v) is 8.09. The monoisotopic (exact) mass is 256 g/mol. The molecule has 0 aromatic rings. The van der Waals surface area contributed by atoms with Gasteiger partial charge in [0, 0.05) is 6.61 Å². The molecule has 0 heterocycles. The zero-order valence-electron chi connectivity index (χ0n) is 13.7. The summed E-state index contributed by atoms with van der Waals surface area (Å²) < 4.78 is 5.95. The molecule has 0 spiro atoms. The summed E-state index contributed by atoms with van der Waals surface area (Å²) in [6.45, 7) is 14.4. The van der Waals surface area contributed by atoms with Gasteiger partial charge >= 0.3 is 0 Å². The van der Waals surface area contributed by atoms with Crippen molar-refractivity contribution in [2.45, 2.75) is 92.1 Å². The van der Waals surface area contributed by atoms with Crippen LogP contribution < -0.4 is 0 Å². The highest BCUT2D eigenvalue weighted by atomic mass is 16.5. The lowest BCUT2D eigenvalue weighted by Gasteiger charge is -2.37. The standard InChI is InChI=1S/C17H36O/c1-7-9-10-11-12-13-14-16(15(3)4)17(5,6)18-8-2/h15-16H,7-14H2,1-6H3. The second kappa shape index (κ2) is 9.83. The molecule has 1 nitrogen and oxygen atoms in total. The summed E-state index contributed by atoms with van der Waals surface area (Å²) >= 11 is 0. The maximum absolute atomic E-state index is 5.95. The van der Waals surface area contributed by atoms with Crippen LogP contribution in [0, 0.1) is 11.8 Å². The molecule has 0 rings (SSSR count). The van der Waals surface area contributed by atoms with Crippen LogP contribution in [0.1, 0.15) is 86.5 Å². The van der Waals surface area contributed by atoms with Crippen molar-refractivity contribution in [3.8, 4) is 0 Å². The van der Waals surface area contributed by atoms with Gasteiger partial charge in [0.1, 0.15) is 0 Å². The number of rotatable bonds is 11. The number of ether oxygens (including phenoxy) is 1. The van der Waals surface area contributed by atoms with Gasteiger partial charge in [-0.3, -0.25) is 0 Å². The van der Waals surface area contributed by atoms with Gasteiger partial charge in [0.05, 0.1) is 5.60 Å². The minimum atomic E-state index is 0.0341. The highest BCUT2D eigenvalue weighted by Crippen LogP contribution is 2.32. The molecular weight excluding hydrogens is 220 g/mol. The van der Waals surface area contributed by atoms with Crippen LogP contribution in [0.15, 0.2) is 0 Å². The molecule has 0 aromatic carbocycles. The number of hydrogen-bond acceptors (Lipinski definition) is 1. The summed E-state index contributed by atoms with van der Waals surface area (Å²) in [5, 5.41) is 0. The predicted molar refractivity (Wildman–Crippen MR) is 82.0 cm³/mol. The zero-order chi connectivity index (χ0) is 14.0. The lowest BCUT2D eigenvalue weighted by atomic mass is 9.78. The maximum Gasteiger partial charge on any atom is 0.0656 e. The van der Waals surface area contributed by atoms with Gasteiger partial charge in [0.25, 0.3) is 0 Å². The first-order chi connectivity index (χ1) is 8.45. The third-order valence-corrected chi connectivity index (χ3v) is 4.08. The fourth-order valence-corrected chi connectivity index (χ4v) is 3.11. The highest BCUT2D eigenvalue weighted by molar-refractivity contribution is 4.81. The normalized spacial score (nSPS) is 14.2. The molecule has 0 aromatic heterocycles. The Balaban J connectivity index is 3.98. The van der Waals surface area contributed by atoms with Gasteiger partial charge in [-0.25, -0.2) is 0 Å². The van der Waals surface area contributed by atoms with Crippen molar-refractivity contribution in [2.24, 2.45) is 11.8 Å². The SMILES string of the molecule is CCCCCCCCC(C(C)C)C(C)(C)OCC. The maximum atomic E-state index is 5.95. The number of hydrogen-bond donors (Lipinski definition) is 0. The summed E-state index contributed by atoms with van der Waals surface area (Å²) in [6, 6.07) is 0. The highest BCUT2D eigenvalue weighted by Gasteiger charge is 2.31. The molecule has 0 aliphatic carbocycles. The minimum absolute atomic E-state index is 0.0341. The van der Waals surface area contributed by atoms with E-state index in [9.17, 15) is 0 Å². The average Bonchev–Trinajstić information content (AvgIpc) is 2.27. The first kappa shape index (κ1) is 18.0. The van der Waals surface area contributed by atoms with Crippen molar-refractivity contribution in [1.29, 1.82) is 0 Å². The summed E-state index contributed by atoms with van der Waals surface area (Å²) in [6.07, 6.45) is 9.64. The van der Waals surface area contributed by atoms with E-state index in [0.29, 0.717) is 11.8 Å². The van der Waals surface area contributed by atoms with Crippen LogP contribution >= 0.6 is 0 Å². The summed E-state index contributed by atoms with van der Waals surface area (Å²) in [4.78, 5) is 0. The van der Waals surface area contributed by atoms with Crippen molar-refractivity contribution in [1.82, 2.24) is 0 Å². The second-order valence-corrected chi connectivity index (χ2v) is 6.44. The lowest BCUT2D eigenvalue weighted by Crippen LogP contribution is -2.37. The Bertz CT molecular complexity index is 184. The Morgan fingerprint density at radius 1 is 0.889 bits per heavy atom. The molecule has 0 amide bonds. The first-order valence-electron chi connectivity index (χ1n) is 8.09. The van der Waals surface area contributed by atoms with E-state index in [0.717, 1.165) is 6.61 Å². The molecule has 0 aliphatic heterocycles. The van der Waals surface area contributed by atoms with Crippen LogP contribution in [0.4, 0.5) is 0 Å². The molecular formula is C17H36O. The van der Waals surface area contributed by atoms with Crippen molar-refractivity contribution in [3.63, 3.8) is 0 Å². The topological polar surface area (TPSA) is 9.23 Å². The fraction of sp³-hybridized carbons (Fsp3) is 1.00. The van der Waals surface area contributed by atoms with E-state index in [2.05, 4.69) is 41.5 Å². The number of unbranched alkanes of at least 4 members (excludes halogenated alkanes) is 5. The predicted octanol–water partition coefficient (Wildman–Crippen LogP) is 5.82. The van der Waals surface area contributed by atoms with Crippen LogP contribution in [0.2, 0.25) is 0 Å². The van der Waals surface area contributed by atoms with Gasteiger partial charge in [0.15, 0.2) is 0 Å². The molecule has 0 saturated carbocycles. The van der Waals surface area contributed by atoms with Gasteiger partial charge in [-0.15, -0.1) is 0 Å². The van der Waals surface area contributed by atoms with E-state index in [-0.39, 0.29) is 5.60 Å². The van der Waals surface area contributed by atoms with Crippen LogP contribution in [-0.4, -0.2) is 12.2 Å². The van der Waals surface area contributed by atoms with Gasteiger partial charge in [-0.1, -0.05) is 59.3 Å². The van der Waals surface area contributed by atoms with E-state index in [1.165, 1.54) is 44.9 Å². The van der Waals surface area contributed by atoms with Crippen molar-refractivity contribution >= 4 is 0 Å². The van der Waals surface area contributed by atoms with Gasteiger partial charge < -0.3 is 4.74 Å². The molecule has 0 radical (unpaired) electrons. The van der Waals surface area contributed by atoms with E-state index >= 15 is 0 Å². The fourth-order valence-electron chi connectivity index (χ4n) is 3.11. The molecule has 1 heteroatoms. The largest absolute Gasteiger partial charge is 0.376 e. The quantitative estimate of drug-likeness (QED) is 0.423. The molecule has 1 atom stereocenters. The van der Waals surface area contributed by atoms with E-state index in [1.54, 1.807) is 0 Å². The Kier molecular flexibility index (Phi) is 9.81. The Morgan fingerprint density at radius 2 is 1.44 bits per heavy atom. The smallest absolute Gasteiger partial charge is 0.0656 e. The molecule has 0 fully saturated rings.